The number of hydrogen-bond acceptors (Lipinski definition) is 1. The molecule has 0 aromatic rings. The molecule has 0 unspecified atom stereocenters. The highest BCUT2D eigenvalue weighted by Crippen LogP contribution is 2.41. The lowest BCUT2D eigenvalue weighted by Crippen LogP contribution is -2.46. The number of rotatable bonds is 4. The molecule has 74 valence electrons. The van der Waals surface area contributed by atoms with E-state index in [0.717, 1.165) is 0 Å². The maximum absolute atomic E-state index is 5.86. The first-order valence-corrected chi connectivity index (χ1v) is 7.08. The lowest BCUT2D eigenvalue weighted by molar-refractivity contribution is 0.360. The molecule has 0 radical (unpaired) electrons. The number of hydrogen-bond donors (Lipinski definition) is 0. The van der Waals surface area contributed by atoms with Crippen LogP contribution in [0.1, 0.15) is 41.5 Å². The van der Waals surface area contributed by atoms with Gasteiger partial charge in [0.2, 0.25) is 0 Å². The van der Waals surface area contributed by atoms with Crippen LogP contribution in [0.2, 0.25) is 16.6 Å². The van der Waals surface area contributed by atoms with Gasteiger partial charge >= 0.3 is 0 Å². The van der Waals surface area contributed by atoms with Crippen molar-refractivity contribution in [3.8, 4) is 0 Å². The van der Waals surface area contributed by atoms with E-state index >= 15 is 0 Å². The van der Waals surface area contributed by atoms with Crippen LogP contribution in [0, 0.1) is 0 Å². The van der Waals surface area contributed by atoms with Gasteiger partial charge in [0, 0.05) is 7.11 Å². The van der Waals surface area contributed by atoms with Crippen LogP contribution < -0.4 is 0 Å². The second kappa shape index (κ2) is 4.42. The summed E-state index contributed by atoms with van der Waals surface area (Å²) in [6.07, 6.45) is 0. The largest absolute Gasteiger partial charge is 0.419 e. The van der Waals surface area contributed by atoms with Crippen LogP contribution in [0.5, 0.6) is 0 Å². The van der Waals surface area contributed by atoms with Gasteiger partial charge in [-0.25, -0.2) is 0 Å². The molecule has 0 aliphatic rings. The molecule has 0 aromatic carbocycles. The second-order valence-corrected chi connectivity index (χ2v) is 10.1. The third-order valence-electron chi connectivity index (χ3n) is 3.06. The van der Waals surface area contributed by atoms with Gasteiger partial charge in [0.05, 0.1) is 0 Å². The van der Waals surface area contributed by atoms with Gasteiger partial charge in [-0.05, 0) is 16.6 Å². The topological polar surface area (TPSA) is 9.23 Å². The van der Waals surface area contributed by atoms with E-state index < -0.39 is 8.32 Å². The van der Waals surface area contributed by atoms with Gasteiger partial charge in [0.1, 0.15) is 0 Å². The lowest BCUT2D eigenvalue weighted by atomic mass is 10.5. The van der Waals surface area contributed by atoms with Gasteiger partial charge in [-0.2, -0.15) is 0 Å². The van der Waals surface area contributed by atoms with Crippen LogP contribution in [0.3, 0.4) is 0 Å². The maximum atomic E-state index is 5.86. The van der Waals surface area contributed by atoms with Crippen LogP contribution in [-0.2, 0) is 4.43 Å². The van der Waals surface area contributed by atoms with E-state index in [1.54, 1.807) is 0 Å². The third kappa shape index (κ3) is 1.91. The van der Waals surface area contributed by atoms with Gasteiger partial charge in [-0.1, -0.05) is 41.5 Å². The van der Waals surface area contributed by atoms with Crippen molar-refractivity contribution in [3.63, 3.8) is 0 Å². The molecular formula is C10H24OSi. The summed E-state index contributed by atoms with van der Waals surface area (Å²) in [5, 5.41) is 0. The van der Waals surface area contributed by atoms with Crippen molar-refractivity contribution >= 4 is 8.32 Å². The summed E-state index contributed by atoms with van der Waals surface area (Å²) < 4.78 is 5.86. The molecule has 0 spiro atoms. The minimum atomic E-state index is -1.50. The molecule has 2 heteroatoms. The molecule has 0 saturated heterocycles. The predicted octanol–water partition coefficient (Wildman–Crippen LogP) is 3.81. The summed E-state index contributed by atoms with van der Waals surface area (Å²) in [7, 11) is 0.394. The van der Waals surface area contributed by atoms with Crippen molar-refractivity contribution in [1.29, 1.82) is 0 Å². The molecule has 0 amide bonds. The van der Waals surface area contributed by atoms with Crippen molar-refractivity contribution < 1.29 is 4.43 Å². The quantitative estimate of drug-likeness (QED) is 0.610. The Morgan fingerprint density at radius 2 is 1.00 bits per heavy atom. The molecule has 0 rings (SSSR count). The fraction of sp³-hybridized carbons (Fsp3) is 1.00. The molecule has 0 heterocycles. The van der Waals surface area contributed by atoms with Crippen molar-refractivity contribution in [2.75, 3.05) is 7.11 Å². The molecule has 0 aromatic heterocycles. The van der Waals surface area contributed by atoms with Gasteiger partial charge in [0.25, 0.3) is 0 Å². The normalized spacial score (nSPS) is 13.5. The van der Waals surface area contributed by atoms with Crippen LogP contribution >= 0.6 is 0 Å². The lowest BCUT2D eigenvalue weighted by Gasteiger charge is -2.40. The Kier molecular flexibility index (Phi) is 4.49. The third-order valence-corrected chi connectivity index (χ3v) is 9.18. The van der Waals surface area contributed by atoms with Crippen LogP contribution in [-0.4, -0.2) is 15.4 Å². The second-order valence-electron chi connectivity index (χ2n) is 4.52. The van der Waals surface area contributed by atoms with Gasteiger partial charge in [-0.15, -0.1) is 0 Å². The van der Waals surface area contributed by atoms with E-state index in [-0.39, 0.29) is 0 Å². The zero-order valence-corrected chi connectivity index (χ0v) is 10.6. The summed E-state index contributed by atoms with van der Waals surface area (Å²) in [5.74, 6) is 0. The molecule has 0 bridgehead atoms. The molecule has 0 fully saturated rings. The summed E-state index contributed by atoms with van der Waals surface area (Å²) in [5.41, 5.74) is 2.13. The first kappa shape index (κ1) is 12.2. The monoisotopic (exact) mass is 188 g/mol. The van der Waals surface area contributed by atoms with Crippen LogP contribution in [0.15, 0.2) is 0 Å². The Morgan fingerprint density at radius 1 is 0.750 bits per heavy atom. The minimum Gasteiger partial charge on any atom is -0.419 e. The maximum Gasteiger partial charge on any atom is 0.199 e. The van der Waals surface area contributed by atoms with Gasteiger partial charge in [-0.3, -0.25) is 0 Å². The van der Waals surface area contributed by atoms with E-state index in [1.165, 1.54) is 0 Å². The van der Waals surface area contributed by atoms with E-state index in [1.807, 2.05) is 7.11 Å². The first-order chi connectivity index (χ1) is 5.39. The molecule has 0 atom stereocenters. The summed E-state index contributed by atoms with van der Waals surface area (Å²) in [6, 6.07) is 0. The van der Waals surface area contributed by atoms with Crippen molar-refractivity contribution in [3.05, 3.63) is 0 Å². The summed E-state index contributed by atoms with van der Waals surface area (Å²) in [6.45, 7) is 13.8. The Balaban J connectivity index is 4.77. The molecule has 0 N–H and O–H groups in total. The van der Waals surface area contributed by atoms with Gasteiger partial charge < -0.3 is 4.43 Å². The molecule has 12 heavy (non-hydrogen) atoms. The van der Waals surface area contributed by atoms with Crippen molar-refractivity contribution in [2.24, 2.45) is 0 Å². The zero-order valence-electron chi connectivity index (χ0n) is 9.64. The summed E-state index contributed by atoms with van der Waals surface area (Å²) >= 11 is 0. The highest BCUT2D eigenvalue weighted by molar-refractivity contribution is 6.77. The van der Waals surface area contributed by atoms with E-state index in [9.17, 15) is 0 Å². The molecule has 1 nitrogen and oxygen atoms in total. The fourth-order valence-electron chi connectivity index (χ4n) is 2.71. The standard InChI is InChI=1S/C10H24OSi/c1-8(2)12(11-7,9(3)4)10(5)6/h8-10H,1-7H3. The van der Waals surface area contributed by atoms with Crippen LogP contribution in [0.25, 0.3) is 0 Å². The average Bonchev–Trinajstić information content (AvgIpc) is 1.86. The summed E-state index contributed by atoms with van der Waals surface area (Å²) in [4.78, 5) is 0. The molecule has 0 saturated carbocycles. The fourth-order valence-corrected chi connectivity index (χ4v) is 8.12. The molecule has 0 aliphatic heterocycles. The average molecular weight is 188 g/mol. The van der Waals surface area contributed by atoms with E-state index in [0.29, 0.717) is 16.6 Å². The zero-order chi connectivity index (χ0) is 9.94. The van der Waals surface area contributed by atoms with E-state index in [2.05, 4.69) is 41.5 Å². The SMILES string of the molecule is CO[Si](C(C)C)(C(C)C)C(C)C. The Labute approximate surface area is 78.6 Å². The minimum absolute atomic E-state index is 0.711. The van der Waals surface area contributed by atoms with E-state index in [4.69, 9.17) is 4.43 Å². The smallest absolute Gasteiger partial charge is 0.199 e. The predicted molar refractivity (Wildman–Crippen MR) is 58.1 cm³/mol. The molecular weight excluding hydrogens is 164 g/mol. The Hall–Kier alpha value is 0.177. The van der Waals surface area contributed by atoms with Crippen molar-refractivity contribution in [2.45, 2.75) is 58.2 Å². The Bertz CT molecular complexity index is 108. The van der Waals surface area contributed by atoms with Crippen LogP contribution in [0.4, 0.5) is 0 Å². The van der Waals surface area contributed by atoms with Gasteiger partial charge in [0.15, 0.2) is 8.32 Å². The Morgan fingerprint density at radius 3 is 1.00 bits per heavy atom. The molecule has 0 aliphatic carbocycles. The van der Waals surface area contributed by atoms with Crippen molar-refractivity contribution in [1.82, 2.24) is 0 Å². The highest BCUT2D eigenvalue weighted by Gasteiger charge is 2.43. The first-order valence-electron chi connectivity index (χ1n) is 4.94. The highest BCUT2D eigenvalue weighted by atomic mass is 28.4.